The molecule has 0 aliphatic heterocycles. The van der Waals surface area contributed by atoms with Crippen molar-refractivity contribution in [1.29, 1.82) is 5.41 Å². The molecule has 0 amide bonds. The Balaban J connectivity index is 3.07. The molecule has 0 saturated carbocycles. The molecule has 5 N–H and O–H groups in total. The molecule has 0 saturated heterocycles. The highest BCUT2D eigenvalue weighted by molar-refractivity contribution is 5.93. The van der Waals surface area contributed by atoms with Crippen LogP contribution in [-0.4, -0.2) is 15.8 Å². The van der Waals surface area contributed by atoms with Crippen LogP contribution in [-0.2, 0) is 0 Å². The van der Waals surface area contributed by atoms with Gasteiger partial charge in [-0.1, -0.05) is 0 Å². The van der Waals surface area contributed by atoms with E-state index in [2.05, 4.69) is 9.97 Å². The first kappa shape index (κ1) is 6.47. The van der Waals surface area contributed by atoms with E-state index in [0.29, 0.717) is 11.5 Å². The molecule has 0 unspecified atom stereocenters. The minimum absolute atomic E-state index is 0.103. The summed E-state index contributed by atoms with van der Waals surface area (Å²) in [5.41, 5.74) is 10.8. The molecule has 52 valence electrons. The van der Waals surface area contributed by atoms with Crippen molar-refractivity contribution in [2.24, 2.45) is 5.73 Å². The van der Waals surface area contributed by atoms with Crippen LogP contribution < -0.4 is 11.5 Å². The van der Waals surface area contributed by atoms with Crippen LogP contribution in [0, 0.1) is 5.41 Å². The molecule has 0 bridgehead atoms. The molecule has 5 heteroatoms. The minimum atomic E-state index is -0.103. The lowest BCUT2D eigenvalue weighted by atomic mass is 10.4. The van der Waals surface area contributed by atoms with Crippen molar-refractivity contribution in [1.82, 2.24) is 9.97 Å². The summed E-state index contributed by atoms with van der Waals surface area (Å²) in [6, 6.07) is 1.45. The van der Waals surface area contributed by atoms with Crippen LogP contribution in [0.15, 0.2) is 12.4 Å². The van der Waals surface area contributed by atoms with Gasteiger partial charge in [-0.05, 0) is 0 Å². The lowest BCUT2D eigenvalue weighted by molar-refractivity contribution is 1.15. The van der Waals surface area contributed by atoms with Crippen molar-refractivity contribution in [2.45, 2.75) is 0 Å². The molecule has 0 aliphatic rings. The predicted octanol–water partition coefficient (Wildman–Crippen LogP) is -0.657. The quantitative estimate of drug-likeness (QED) is 0.353. The van der Waals surface area contributed by atoms with Crippen molar-refractivity contribution < 1.29 is 0 Å². The number of nitrogens with two attached hydrogens (primary N) is 2. The smallest absolute Gasteiger partial charge is 0.142 e. The van der Waals surface area contributed by atoms with Gasteiger partial charge in [0.25, 0.3) is 0 Å². The Morgan fingerprint density at radius 1 is 1.50 bits per heavy atom. The number of nitrogens with zero attached hydrogens (tertiary/aromatic N) is 2. The topological polar surface area (TPSA) is 102 Å². The Bertz CT molecular complexity index is 256. The third kappa shape index (κ3) is 1.19. The molecule has 0 atom stereocenters. The lowest BCUT2D eigenvalue weighted by Crippen LogP contribution is -2.13. The second-order valence-electron chi connectivity index (χ2n) is 1.74. The maximum absolute atomic E-state index is 6.96. The monoisotopic (exact) mass is 137 g/mol. The van der Waals surface area contributed by atoms with Gasteiger partial charge in [-0.3, -0.25) is 5.41 Å². The van der Waals surface area contributed by atoms with E-state index < -0.39 is 0 Å². The molecule has 1 rings (SSSR count). The maximum Gasteiger partial charge on any atom is 0.142 e. The zero-order valence-corrected chi connectivity index (χ0v) is 5.20. The summed E-state index contributed by atoms with van der Waals surface area (Å²) in [7, 11) is 0. The van der Waals surface area contributed by atoms with Crippen molar-refractivity contribution in [3.63, 3.8) is 0 Å². The van der Waals surface area contributed by atoms with Crippen molar-refractivity contribution in [2.75, 3.05) is 5.73 Å². The van der Waals surface area contributed by atoms with E-state index in [1.165, 1.54) is 12.4 Å². The van der Waals surface area contributed by atoms with Crippen molar-refractivity contribution in [3.8, 4) is 0 Å². The van der Waals surface area contributed by atoms with Gasteiger partial charge in [0, 0.05) is 6.07 Å². The molecule has 0 aliphatic carbocycles. The summed E-state index contributed by atoms with van der Waals surface area (Å²) in [6.45, 7) is 0. The molecule has 10 heavy (non-hydrogen) atoms. The number of hydrogen-bond acceptors (Lipinski definition) is 4. The van der Waals surface area contributed by atoms with Crippen LogP contribution in [0.1, 0.15) is 5.69 Å². The standard InChI is InChI=1S/C5H7N5/c6-4-1-3(5(7)8)9-2-10-4/h1-2H,(H3,7,8)(H2,6,9,10). The first-order chi connectivity index (χ1) is 4.70. The van der Waals surface area contributed by atoms with Gasteiger partial charge < -0.3 is 11.5 Å². The molecule has 1 aromatic rings. The summed E-state index contributed by atoms with van der Waals surface area (Å²) in [6.07, 6.45) is 1.27. The van der Waals surface area contributed by atoms with Gasteiger partial charge in [-0.15, -0.1) is 0 Å². The third-order valence-electron chi connectivity index (χ3n) is 0.964. The fourth-order valence-electron chi connectivity index (χ4n) is 0.520. The van der Waals surface area contributed by atoms with E-state index >= 15 is 0 Å². The normalized spacial score (nSPS) is 9.20. The number of aromatic nitrogens is 2. The van der Waals surface area contributed by atoms with Crippen LogP contribution in [0.2, 0.25) is 0 Å². The molecule has 1 aromatic heterocycles. The van der Waals surface area contributed by atoms with Crippen molar-refractivity contribution in [3.05, 3.63) is 18.1 Å². The molecule has 0 spiro atoms. The SMILES string of the molecule is N=C(N)c1cc(N)ncn1. The Hall–Kier alpha value is -1.65. The number of anilines is 1. The Morgan fingerprint density at radius 3 is 2.60 bits per heavy atom. The second-order valence-corrected chi connectivity index (χ2v) is 1.74. The van der Waals surface area contributed by atoms with E-state index in [0.717, 1.165) is 0 Å². The molecular weight excluding hydrogens is 130 g/mol. The summed E-state index contributed by atoms with van der Waals surface area (Å²) < 4.78 is 0. The predicted molar refractivity (Wildman–Crippen MR) is 37.5 cm³/mol. The van der Waals surface area contributed by atoms with E-state index in [4.69, 9.17) is 16.9 Å². The van der Waals surface area contributed by atoms with E-state index in [-0.39, 0.29) is 5.84 Å². The van der Waals surface area contributed by atoms with E-state index in [9.17, 15) is 0 Å². The fraction of sp³-hybridized carbons (Fsp3) is 0. The third-order valence-corrected chi connectivity index (χ3v) is 0.964. The Morgan fingerprint density at radius 2 is 2.20 bits per heavy atom. The minimum Gasteiger partial charge on any atom is -0.384 e. The van der Waals surface area contributed by atoms with Crippen molar-refractivity contribution >= 4 is 11.7 Å². The van der Waals surface area contributed by atoms with Gasteiger partial charge in [0.05, 0.1) is 0 Å². The highest BCUT2D eigenvalue weighted by atomic mass is 14.9. The molecule has 1 heterocycles. The summed E-state index contributed by atoms with van der Waals surface area (Å²) in [5.74, 6) is 0.217. The molecular formula is C5H7N5. The molecule has 0 aromatic carbocycles. The Kier molecular flexibility index (Phi) is 1.49. The largest absolute Gasteiger partial charge is 0.384 e. The van der Waals surface area contributed by atoms with Gasteiger partial charge in [-0.2, -0.15) is 0 Å². The van der Waals surface area contributed by atoms with E-state index in [1.54, 1.807) is 0 Å². The first-order valence-corrected chi connectivity index (χ1v) is 2.62. The van der Waals surface area contributed by atoms with E-state index in [1.807, 2.05) is 0 Å². The Labute approximate surface area is 57.6 Å². The lowest BCUT2D eigenvalue weighted by Gasteiger charge is -1.95. The summed E-state index contributed by atoms with van der Waals surface area (Å²) >= 11 is 0. The molecule has 0 fully saturated rings. The highest BCUT2D eigenvalue weighted by Crippen LogP contribution is 1.96. The van der Waals surface area contributed by atoms with Gasteiger partial charge in [0.1, 0.15) is 23.7 Å². The summed E-state index contributed by atoms with van der Waals surface area (Å²) in [4.78, 5) is 7.34. The van der Waals surface area contributed by atoms with Gasteiger partial charge in [0.15, 0.2) is 0 Å². The van der Waals surface area contributed by atoms with Gasteiger partial charge in [-0.25, -0.2) is 9.97 Å². The zero-order valence-electron chi connectivity index (χ0n) is 5.20. The van der Waals surface area contributed by atoms with Crippen LogP contribution in [0.25, 0.3) is 0 Å². The van der Waals surface area contributed by atoms with Crippen LogP contribution in [0.3, 0.4) is 0 Å². The number of rotatable bonds is 1. The number of amidine groups is 1. The van der Waals surface area contributed by atoms with Gasteiger partial charge in [0.2, 0.25) is 0 Å². The highest BCUT2D eigenvalue weighted by Gasteiger charge is 1.96. The van der Waals surface area contributed by atoms with Crippen LogP contribution in [0.5, 0.6) is 0 Å². The maximum atomic E-state index is 6.96. The average molecular weight is 137 g/mol. The summed E-state index contributed by atoms with van der Waals surface area (Å²) in [5, 5.41) is 6.96. The molecule has 5 nitrogen and oxygen atoms in total. The fourth-order valence-corrected chi connectivity index (χ4v) is 0.520. The number of nitrogens with one attached hydrogen (secondary N) is 1. The average Bonchev–Trinajstić information content (AvgIpc) is 1.88. The number of hydrogen-bond donors (Lipinski definition) is 3. The van der Waals surface area contributed by atoms with Crippen LogP contribution in [0.4, 0.5) is 5.82 Å². The second kappa shape index (κ2) is 2.30. The number of nitrogen functional groups attached to an aromatic ring is 2. The van der Waals surface area contributed by atoms with Crippen LogP contribution >= 0.6 is 0 Å². The van der Waals surface area contributed by atoms with Gasteiger partial charge >= 0.3 is 0 Å². The zero-order chi connectivity index (χ0) is 7.56. The first-order valence-electron chi connectivity index (χ1n) is 2.62. The molecule has 0 radical (unpaired) electrons.